The van der Waals surface area contributed by atoms with E-state index in [1.807, 2.05) is 0 Å². The van der Waals surface area contributed by atoms with Crippen LogP contribution in [0.5, 0.6) is 0 Å². The van der Waals surface area contributed by atoms with Crippen LogP contribution in [-0.2, 0) is 16.0 Å². The number of carbonyl (C=O) groups excluding carboxylic acids is 1. The Hall–Kier alpha value is -1.53. The van der Waals surface area contributed by atoms with Crippen LogP contribution in [0.3, 0.4) is 0 Å². The van der Waals surface area contributed by atoms with E-state index in [0.29, 0.717) is 13.2 Å². The maximum absolute atomic E-state index is 13.6. The van der Waals surface area contributed by atoms with Gasteiger partial charge in [-0.3, -0.25) is 4.79 Å². The summed E-state index contributed by atoms with van der Waals surface area (Å²) in [4.78, 5) is 12.0. The minimum Gasteiger partial charge on any atom is -0.384 e. The summed E-state index contributed by atoms with van der Waals surface area (Å²) in [5, 5.41) is 6.22. The molecule has 0 aliphatic carbocycles. The summed E-state index contributed by atoms with van der Waals surface area (Å²) in [6.07, 6.45) is 2.22. The highest BCUT2D eigenvalue weighted by molar-refractivity contribution is 5.76. The fraction of sp³-hybridized carbons (Fsp3) is 0.588. The van der Waals surface area contributed by atoms with Gasteiger partial charge in [-0.1, -0.05) is 12.1 Å². The van der Waals surface area contributed by atoms with Crippen LogP contribution in [0.4, 0.5) is 8.78 Å². The largest absolute Gasteiger partial charge is 0.384 e. The quantitative estimate of drug-likeness (QED) is 0.806. The molecule has 0 atom stereocenters. The summed E-state index contributed by atoms with van der Waals surface area (Å²) in [6.45, 7) is 2.97. The molecule has 23 heavy (non-hydrogen) atoms. The fourth-order valence-corrected chi connectivity index (χ4v) is 3.00. The lowest BCUT2D eigenvalue weighted by Crippen LogP contribution is -2.47. The van der Waals surface area contributed by atoms with Crippen LogP contribution in [-0.4, -0.2) is 39.3 Å². The van der Waals surface area contributed by atoms with Crippen LogP contribution in [0.2, 0.25) is 0 Å². The molecule has 2 N–H and O–H groups in total. The van der Waals surface area contributed by atoms with Gasteiger partial charge in [0.05, 0.1) is 6.61 Å². The summed E-state index contributed by atoms with van der Waals surface area (Å²) in [5.74, 6) is -1.89. The van der Waals surface area contributed by atoms with Gasteiger partial charge in [-0.15, -0.1) is 0 Å². The number of aryl methyl sites for hydroxylation is 1. The van der Waals surface area contributed by atoms with E-state index in [1.165, 1.54) is 12.1 Å². The first-order chi connectivity index (χ1) is 11.1. The lowest BCUT2D eigenvalue weighted by molar-refractivity contribution is -0.122. The molecular weight excluding hydrogens is 302 g/mol. The van der Waals surface area contributed by atoms with Gasteiger partial charge in [-0.2, -0.15) is 0 Å². The third kappa shape index (κ3) is 4.97. The first-order valence-corrected chi connectivity index (χ1v) is 7.96. The summed E-state index contributed by atoms with van der Waals surface area (Å²) < 4.78 is 32.0. The highest BCUT2D eigenvalue weighted by atomic mass is 19.2. The molecule has 0 unspecified atom stereocenters. The van der Waals surface area contributed by atoms with Gasteiger partial charge in [0.15, 0.2) is 11.6 Å². The van der Waals surface area contributed by atoms with E-state index in [0.717, 1.165) is 32.0 Å². The zero-order valence-electron chi connectivity index (χ0n) is 13.5. The smallest absolute Gasteiger partial charge is 0.220 e. The van der Waals surface area contributed by atoms with Crippen molar-refractivity contribution in [3.05, 3.63) is 35.4 Å². The van der Waals surface area contributed by atoms with Crippen LogP contribution >= 0.6 is 0 Å². The number of benzene rings is 1. The molecule has 6 heteroatoms. The van der Waals surface area contributed by atoms with Crippen molar-refractivity contribution in [2.75, 3.05) is 33.4 Å². The molecular formula is C17H24F2N2O2. The standard InChI is InChI=1S/C17H24F2N2O2/c1-23-12-17(7-9-20-10-8-17)11-21-15(22)6-5-13-3-2-4-14(18)16(13)19/h2-4,20H,5-12H2,1H3,(H,21,22). The maximum atomic E-state index is 13.6. The Kier molecular flexibility index (Phi) is 6.47. The minimum absolute atomic E-state index is 0.0419. The number of nitrogens with one attached hydrogen (secondary N) is 2. The van der Waals surface area contributed by atoms with Crippen molar-refractivity contribution in [2.24, 2.45) is 5.41 Å². The number of ether oxygens (including phenoxy) is 1. The summed E-state index contributed by atoms with van der Waals surface area (Å²) in [5.41, 5.74) is 0.188. The van der Waals surface area contributed by atoms with E-state index in [4.69, 9.17) is 4.74 Å². The SMILES string of the molecule is COCC1(CNC(=O)CCc2cccc(F)c2F)CCNCC1. The number of hydrogen-bond acceptors (Lipinski definition) is 3. The first kappa shape index (κ1) is 17.8. The van der Waals surface area contributed by atoms with Gasteiger partial charge in [0.2, 0.25) is 5.91 Å². The summed E-state index contributed by atoms with van der Waals surface area (Å²) in [7, 11) is 1.67. The number of hydrogen-bond donors (Lipinski definition) is 2. The van der Waals surface area contributed by atoms with E-state index in [-0.39, 0.29) is 29.7 Å². The second-order valence-corrected chi connectivity index (χ2v) is 6.17. The summed E-state index contributed by atoms with van der Waals surface area (Å²) >= 11 is 0. The van der Waals surface area contributed by atoms with E-state index >= 15 is 0 Å². The molecule has 1 aliphatic rings. The molecule has 1 aliphatic heterocycles. The molecule has 1 aromatic carbocycles. The van der Waals surface area contributed by atoms with E-state index in [1.54, 1.807) is 7.11 Å². The summed E-state index contributed by atoms with van der Waals surface area (Å²) in [6, 6.07) is 4.03. The predicted molar refractivity (Wildman–Crippen MR) is 84.1 cm³/mol. The normalized spacial score (nSPS) is 17.0. The molecule has 0 saturated carbocycles. The topological polar surface area (TPSA) is 50.4 Å². The average Bonchev–Trinajstić information content (AvgIpc) is 2.55. The Balaban J connectivity index is 1.83. The van der Waals surface area contributed by atoms with Gasteiger partial charge < -0.3 is 15.4 Å². The Labute approximate surface area is 135 Å². The maximum Gasteiger partial charge on any atom is 0.220 e. The Morgan fingerprint density at radius 2 is 2.09 bits per heavy atom. The van der Waals surface area contributed by atoms with Crippen molar-refractivity contribution >= 4 is 5.91 Å². The van der Waals surface area contributed by atoms with E-state index < -0.39 is 11.6 Å². The molecule has 1 heterocycles. The lowest BCUT2D eigenvalue weighted by Gasteiger charge is -2.37. The van der Waals surface area contributed by atoms with Gasteiger partial charge in [0.25, 0.3) is 0 Å². The third-order valence-electron chi connectivity index (χ3n) is 4.43. The fourth-order valence-electron chi connectivity index (χ4n) is 3.00. The van der Waals surface area contributed by atoms with Crippen LogP contribution in [0.15, 0.2) is 18.2 Å². The zero-order chi connectivity index (χ0) is 16.7. The molecule has 2 rings (SSSR count). The second-order valence-electron chi connectivity index (χ2n) is 6.17. The zero-order valence-corrected chi connectivity index (χ0v) is 13.5. The highest BCUT2D eigenvalue weighted by Crippen LogP contribution is 2.28. The molecule has 1 amide bonds. The minimum atomic E-state index is -0.878. The van der Waals surface area contributed by atoms with Crippen LogP contribution in [0.1, 0.15) is 24.8 Å². The van der Waals surface area contributed by atoms with Gasteiger partial charge in [-0.25, -0.2) is 8.78 Å². The van der Waals surface area contributed by atoms with Crippen LogP contribution in [0, 0.1) is 17.0 Å². The van der Waals surface area contributed by atoms with Gasteiger partial charge >= 0.3 is 0 Å². The lowest BCUT2D eigenvalue weighted by atomic mass is 9.79. The Morgan fingerprint density at radius 3 is 2.78 bits per heavy atom. The molecule has 0 aromatic heterocycles. The molecule has 4 nitrogen and oxygen atoms in total. The molecule has 1 saturated heterocycles. The van der Waals surface area contributed by atoms with Crippen molar-refractivity contribution in [1.29, 1.82) is 0 Å². The molecule has 0 bridgehead atoms. The molecule has 0 spiro atoms. The monoisotopic (exact) mass is 326 g/mol. The average molecular weight is 326 g/mol. The van der Waals surface area contributed by atoms with Gasteiger partial charge in [0, 0.05) is 25.5 Å². The molecule has 128 valence electrons. The van der Waals surface area contributed by atoms with Crippen molar-refractivity contribution in [3.63, 3.8) is 0 Å². The predicted octanol–water partition coefficient (Wildman–Crippen LogP) is 2.03. The Bertz CT molecular complexity index is 526. The van der Waals surface area contributed by atoms with E-state index in [9.17, 15) is 13.6 Å². The number of halogens is 2. The molecule has 0 radical (unpaired) electrons. The number of methoxy groups -OCH3 is 1. The van der Waals surface area contributed by atoms with Crippen molar-refractivity contribution in [1.82, 2.24) is 10.6 Å². The van der Waals surface area contributed by atoms with Crippen LogP contribution < -0.4 is 10.6 Å². The van der Waals surface area contributed by atoms with Crippen molar-refractivity contribution in [3.8, 4) is 0 Å². The molecule has 1 aromatic rings. The number of piperidine rings is 1. The van der Waals surface area contributed by atoms with Gasteiger partial charge in [-0.05, 0) is 44.0 Å². The Morgan fingerprint density at radius 1 is 1.35 bits per heavy atom. The van der Waals surface area contributed by atoms with Gasteiger partial charge in [0.1, 0.15) is 0 Å². The third-order valence-corrected chi connectivity index (χ3v) is 4.43. The van der Waals surface area contributed by atoms with Crippen molar-refractivity contribution < 1.29 is 18.3 Å². The van der Waals surface area contributed by atoms with Crippen molar-refractivity contribution in [2.45, 2.75) is 25.7 Å². The first-order valence-electron chi connectivity index (χ1n) is 7.96. The number of amides is 1. The van der Waals surface area contributed by atoms with E-state index in [2.05, 4.69) is 10.6 Å². The second kappa shape index (κ2) is 8.36. The number of rotatable bonds is 7. The number of carbonyl (C=O) groups is 1. The molecule has 1 fully saturated rings. The van der Waals surface area contributed by atoms with Crippen LogP contribution in [0.25, 0.3) is 0 Å². The highest BCUT2D eigenvalue weighted by Gasteiger charge is 2.32.